The van der Waals surface area contributed by atoms with Crippen molar-refractivity contribution in [2.24, 2.45) is 5.73 Å². The van der Waals surface area contributed by atoms with E-state index >= 15 is 0 Å². The summed E-state index contributed by atoms with van der Waals surface area (Å²) in [6, 6.07) is 4.60. The first-order valence-corrected chi connectivity index (χ1v) is 4.54. The molecule has 0 spiro atoms. The van der Waals surface area contributed by atoms with Crippen LogP contribution in [0.25, 0.3) is 0 Å². The molecule has 0 bridgehead atoms. The number of hydrogen-bond donors (Lipinski definition) is 3. The van der Waals surface area contributed by atoms with Crippen molar-refractivity contribution in [1.29, 1.82) is 0 Å². The molecule has 5 N–H and O–H groups in total. The van der Waals surface area contributed by atoms with Crippen LogP contribution in [0, 0.1) is 0 Å². The standard InChI is InChI=1S/C10H14N2O3/c1-6(5-11)15-9-7(10(13)14)3-2-4-8(9)12/h2-4,6H,5,11-12H2,1H3,(H,13,14). The van der Waals surface area contributed by atoms with Crippen LogP contribution in [-0.4, -0.2) is 23.7 Å². The summed E-state index contributed by atoms with van der Waals surface area (Å²) in [6.45, 7) is 2.05. The van der Waals surface area contributed by atoms with Gasteiger partial charge in [0.25, 0.3) is 0 Å². The average Bonchev–Trinajstić information content (AvgIpc) is 2.20. The molecule has 0 aliphatic heterocycles. The highest BCUT2D eigenvalue weighted by Crippen LogP contribution is 2.27. The highest BCUT2D eigenvalue weighted by Gasteiger charge is 2.15. The molecule has 0 amide bonds. The van der Waals surface area contributed by atoms with Gasteiger partial charge in [0.05, 0.1) is 5.69 Å². The Labute approximate surface area is 87.6 Å². The molecule has 82 valence electrons. The zero-order chi connectivity index (χ0) is 11.4. The summed E-state index contributed by atoms with van der Waals surface area (Å²) in [5.41, 5.74) is 11.4. The zero-order valence-corrected chi connectivity index (χ0v) is 8.43. The lowest BCUT2D eigenvalue weighted by molar-refractivity contribution is 0.0690. The third-order valence-corrected chi connectivity index (χ3v) is 1.93. The number of benzene rings is 1. The molecule has 5 heteroatoms. The van der Waals surface area contributed by atoms with Crippen LogP contribution in [-0.2, 0) is 0 Å². The van der Waals surface area contributed by atoms with E-state index in [1.54, 1.807) is 19.1 Å². The molecule has 0 aliphatic carbocycles. The molecule has 1 aromatic carbocycles. The van der Waals surface area contributed by atoms with E-state index in [0.717, 1.165) is 0 Å². The number of carboxylic acid groups (broad SMARTS) is 1. The fourth-order valence-corrected chi connectivity index (χ4v) is 1.10. The Balaban J connectivity index is 3.07. The quantitative estimate of drug-likeness (QED) is 0.635. The fourth-order valence-electron chi connectivity index (χ4n) is 1.10. The number of aromatic carboxylic acids is 1. The van der Waals surface area contributed by atoms with E-state index in [2.05, 4.69) is 0 Å². The van der Waals surface area contributed by atoms with Crippen molar-refractivity contribution in [2.45, 2.75) is 13.0 Å². The maximum atomic E-state index is 10.9. The molecule has 1 atom stereocenters. The Kier molecular flexibility index (Phi) is 3.51. The maximum absolute atomic E-state index is 10.9. The SMILES string of the molecule is CC(CN)Oc1c(N)cccc1C(=O)O. The van der Waals surface area contributed by atoms with E-state index in [-0.39, 0.29) is 17.4 Å². The van der Waals surface area contributed by atoms with Crippen molar-refractivity contribution >= 4 is 11.7 Å². The molecule has 0 aromatic heterocycles. The molecule has 0 saturated carbocycles. The number of hydrogen-bond acceptors (Lipinski definition) is 4. The van der Waals surface area contributed by atoms with Gasteiger partial charge in [-0.15, -0.1) is 0 Å². The zero-order valence-electron chi connectivity index (χ0n) is 8.43. The monoisotopic (exact) mass is 210 g/mol. The molecule has 1 aromatic rings. The number of nitrogens with two attached hydrogens (primary N) is 2. The highest BCUT2D eigenvalue weighted by atomic mass is 16.5. The van der Waals surface area contributed by atoms with Crippen LogP contribution >= 0.6 is 0 Å². The van der Waals surface area contributed by atoms with Gasteiger partial charge in [-0.1, -0.05) is 6.07 Å². The molecule has 0 fully saturated rings. The molecule has 5 nitrogen and oxygen atoms in total. The Morgan fingerprint density at radius 1 is 1.60 bits per heavy atom. The third-order valence-electron chi connectivity index (χ3n) is 1.93. The largest absolute Gasteiger partial charge is 0.486 e. The minimum atomic E-state index is -1.07. The lowest BCUT2D eigenvalue weighted by atomic mass is 10.1. The summed E-state index contributed by atoms with van der Waals surface area (Å²) in [5, 5.41) is 8.91. The van der Waals surface area contributed by atoms with Crippen LogP contribution in [0.4, 0.5) is 5.69 Å². The summed E-state index contributed by atoms with van der Waals surface area (Å²) in [7, 11) is 0. The Morgan fingerprint density at radius 2 is 2.27 bits per heavy atom. The second-order valence-electron chi connectivity index (χ2n) is 3.19. The smallest absolute Gasteiger partial charge is 0.339 e. The lowest BCUT2D eigenvalue weighted by Crippen LogP contribution is -2.24. The van der Waals surface area contributed by atoms with Crippen LogP contribution in [0.1, 0.15) is 17.3 Å². The number of carbonyl (C=O) groups is 1. The van der Waals surface area contributed by atoms with Crippen molar-refractivity contribution in [2.75, 3.05) is 12.3 Å². The van der Waals surface area contributed by atoms with Crippen LogP contribution in [0.5, 0.6) is 5.75 Å². The van der Waals surface area contributed by atoms with E-state index in [1.165, 1.54) is 6.07 Å². The van der Waals surface area contributed by atoms with Gasteiger partial charge in [-0.3, -0.25) is 0 Å². The minimum Gasteiger partial charge on any atom is -0.486 e. The number of nitrogen functional groups attached to an aromatic ring is 1. The minimum absolute atomic E-state index is 0.0512. The van der Waals surface area contributed by atoms with Gasteiger partial charge >= 0.3 is 5.97 Å². The van der Waals surface area contributed by atoms with Crippen LogP contribution in [0.3, 0.4) is 0 Å². The fraction of sp³-hybridized carbons (Fsp3) is 0.300. The summed E-state index contributed by atoms with van der Waals surface area (Å²) >= 11 is 0. The van der Waals surface area contributed by atoms with Crippen molar-refractivity contribution in [3.63, 3.8) is 0 Å². The first-order valence-electron chi connectivity index (χ1n) is 4.54. The molecule has 0 heterocycles. The summed E-state index contributed by atoms with van der Waals surface area (Å²) < 4.78 is 5.36. The Hall–Kier alpha value is -1.75. The summed E-state index contributed by atoms with van der Waals surface area (Å²) in [5.74, 6) is -0.885. The van der Waals surface area contributed by atoms with Crippen LogP contribution < -0.4 is 16.2 Å². The van der Waals surface area contributed by atoms with E-state index < -0.39 is 5.97 Å². The molecular weight excluding hydrogens is 196 g/mol. The van der Waals surface area contributed by atoms with Gasteiger partial charge in [0.1, 0.15) is 11.7 Å². The van der Waals surface area contributed by atoms with Gasteiger partial charge in [-0.25, -0.2) is 4.79 Å². The first-order chi connectivity index (χ1) is 7.06. The molecular formula is C10H14N2O3. The van der Waals surface area contributed by atoms with Gasteiger partial charge in [0, 0.05) is 6.54 Å². The predicted molar refractivity (Wildman–Crippen MR) is 57.0 cm³/mol. The molecule has 1 unspecified atom stereocenters. The van der Waals surface area contributed by atoms with Gasteiger partial charge < -0.3 is 21.3 Å². The molecule has 0 saturated heterocycles. The van der Waals surface area contributed by atoms with Crippen molar-refractivity contribution in [3.05, 3.63) is 23.8 Å². The van der Waals surface area contributed by atoms with E-state index in [0.29, 0.717) is 12.2 Å². The lowest BCUT2D eigenvalue weighted by Gasteiger charge is -2.16. The van der Waals surface area contributed by atoms with Gasteiger partial charge in [-0.05, 0) is 19.1 Å². The second kappa shape index (κ2) is 4.65. The van der Waals surface area contributed by atoms with Crippen molar-refractivity contribution in [1.82, 2.24) is 0 Å². The molecule has 0 radical (unpaired) electrons. The topological polar surface area (TPSA) is 98.6 Å². The molecule has 1 rings (SSSR count). The number of anilines is 1. The van der Waals surface area contributed by atoms with Gasteiger partial charge in [0.2, 0.25) is 0 Å². The predicted octanol–water partition coefficient (Wildman–Crippen LogP) is 0.693. The van der Waals surface area contributed by atoms with Crippen molar-refractivity contribution < 1.29 is 14.6 Å². The normalized spacial score (nSPS) is 12.1. The number of rotatable bonds is 4. The van der Waals surface area contributed by atoms with E-state index in [4.69, 9.17) is 21.3 Å². The summed E-state index contributed by atoms with van der Waals surface area (Å²) in [6.07, 6.45) is -0.271. The van der Waals surface area contributed by atoms with Gasteiger partial charge in [0.15, 0.2) is 5.75 Å². The third kappa shape index (κ3) is 2.60. The highest BCUT2D eigenvalue weighted by molar-refractivity contribution is 5.93. The van der Waals surface area contributed by atoms with Crippen LogP contribution in [0.15, 0.2) is 18.2 Å². The molecule has 15 heavy (non-hydrogen) atoms. The number of ether oxygens (including phenoxy) is 1. The average molecular weight is 210 g/mol. The number of para-hydroxylation sites is 1. The van der Waals surface area contributed by atoms with Crippen molar-refractivity contribution in [3.8, 4) is 5.75 Å². The maximum Gasteiger partial charge on any atom is 0.339 e. The van der Waals surface area contributed by atoms with E-state index in [1.807, 2.05) is 0 Å². The van der Waals surface area contributed by atoms with Gasteiger partial charge in [-0.2, -0.15) is 0 Å². The Bertz CT molecular complexity index is 366. The summed E-state index contributed by atoms with van der Waals surface area (Å²) in [4.78, 5) is 10.9. The second-order valence-corrected chi connectivity index (χ2v) is 3.19. The van der Waals surface area contributed by atoms with E-state index in [9.17, 15) is 4.79 Å². The Morgan fingerprint density at radius 3 is 2.80 bits per heavy atom. The van der Waals surface area contributed by atoms with Crippen LogP contribution in [0.2, 0.25) is 0 Å². The number of carboxylic acids is 1. The molecule has 0 aliphatic rings. The first kappa shape index (κ1) is 11.3.